The van der Waals surface area contributed by atoms with E-state index in [2.05, 4.69) is 31.0 Å². The first-order chi connectivity index (χ1) is 26.6. The predicted molar refractivity (Wildman–Crippen MR) is 198 cm³/mol. The molecule has 0 radical (unpaired) electrons. The summed E-state index contributed by atoms with van der Waals surface area (Å²) in [5.74, 6) is -5.39. The van der Waals surface area contributed by atoms with Crippen molar-refractivity contribution >= 4 is 52.2 Å². The van der Waals surface area contributed by atoms with Crippen LogP contribution in [0.25, 0.3) is 11.5 Å². The highest BCUT2D eigenvalue weighted by molar-refractivity contribution is 7.08. The number of rotatable bonds is 15. The van der Waals surface area contributed by atoms with Crippen LogP contribution >= 0.6 is 11.3 Å². The van der Waals surface area contributed by atoms with Gasteiger partial charge in [0.05, 0.1) is 23.6 Å². The SMILES string of the molecule is N#Cc1ccc(-n2cncc2C(=O)NC(Cc2ccccc2)C(=O)C(=O)Nc2cccc(CC(NC(=O)c3ccnn3-c3ccsc3)C(=O)C(N)=O)c2)nc1. The normalized spacial score (nSPS) is 11.8. The van der Waals surface area contributed by atoms with E-state index in [0.717, 1.165) is 0 Å². The fourth-order valence-electron chi connectivity index (χ4n) is 5.57. The molecule has 0 aliphatic carbocycles. The van der Waals surface area contributed by atoms with Crippen molar-refractivity contribution in [2.75, 3.05) is 5.32 Å². The van der Waals surface area contributed by atoms with Crippen LogP contribution in [0.2, 0.25) is 0 Å². The first-order valence-corrected chi connectivity index (χ1v) is 17.4. The number of Topliss-reactive ketones (excluding diaryl/α,β-unsaturated/α-hetero) is 2. The Labute approximate surface area is 316 Å². The lowest BCUT2D eigenvalue weighted by Gasteiger charge is -2.19. The third-order valence-corrected chi connectivity index (χ3v) is 8.91. The summed E-state index contributed by atoms with van der Waals surface area (Å²) in [6, 6.07) is 20.5. The second-order valence-electron chi connectivity index (χ2n) is 12.0. The minimum Gasteiger partial charge on any atom is -0.363 e. The van der Waals surface area contributed by atoms with Gasteiger partial charge in [-0.1, -0.05) is 42.5 Å². The van der Waals surface area contributed by atoms with Crippen molar-refractivity contribution in [3.63, 3.8) is 0 Å². The van der Waals surface area contributed by atoms with Crippen molar-refractivity contribution in [1.29, 1.82) is 5.26 Å². The summed E-state index contributed by atoms with van der Waals surface area (Å²) in [4.78, 5) is 87.1. The van der Waals surface area contributed by atoms with Crippen LogP contribution in [0.4, 0.5) is 5.69 Å². The van der Waals surface area contributed by atoms with E-state index in [1.54, 1.807) is 53.9 Å². The number of nitrogens with zero attached hydrogens (tertiary/aromatic N) is 6. The molecule has 274 valence electrons. The van der Waals surface area contributed by atoms with Crippen LogP contribution in [0, 0.1) is 11.3 Å². The van der Waals surface area contributed by atoms with Crippen molar-refractivity contribution in [3.05, 3.63) is 143 Å². The van der Waals surface area contributed by atoms with Gasteiger partial charge in [0.15, 0.2) is 0 Å². The van der Waals surface area contributed by atoms with E-state index < -0.39 is 47.3 Å². The molecule has 17 heteroatoms. The summed E-state index contributed by atoms with van der Waals surface area (Å²) in [6.07, 6.45) is 5.18. The molecule has 0 aliphatic rings. The van der Waals surface area contributed by atoms with Gasteiger partial charge in [-0.3, -0.25) is 33.3 Å². The number of ketones is 2. The van der Waals surface area contributed by atoms with Crippen LogP contribution in [-0.4, -0.2) is 71.6 Å². The fraction of sp³-hybridized carbons (Fsp3) is 0.105. The van der Waals surface area contributed by atoms with E-state index in [4.69, 9.17) is 11.0 Å². The lowest BCUT2D eigenvalue weighted by atomic mass is 10.0. The Kier molecular flexibility index (Phi) is 11.4. The molecular formula is C38H30N10O6S. The Bertz CT molecular complexity index is 2420. The summed E-state index contributed by atoms with van der Waals surface area (Å²) in [6.45, 7) is 0. The molecule has 5 N–H and O–H groups in total. The van der Waals surface area contributed by atoms with Crippen molar-refractivity contribution in [2.24, 2.45) is 5.73 Å². The molecule has 0 bridgehead atoms. The maximum Gasteiger partial charge on any atom is 0.293 e. The number of carbonyl (C=O) groups is 6. The first kappa shape index (κ1) is 37.2. The number of carbonyl (C=O) groups excluding carboxylic acids is 6. The third-order valence-electron chi connectivity index (χ3n) is 8.24. The van der Waals surface area contributed by atoms with Crippen LogP contribution in [-0.2, 0) is 32.0 Å². The molecule has 0 spiro atoms. The fourth-order valence-corrected chi connectivity index (χ4v) is 6.18. The number of nitrogens with one attached hydrogen (secondary N) is 3. The van der Waals surface area contributed by atoms with Gasteiger partial charge in [0.1, 0.15) is 41.7 Å². The molecule has 16 nitrogen and oxygen atoms in total. The van der Waals surface area contributed by atoms with Crippen LogP contribution in [0.3, 0.4) is 0 Å². The smallest absolute Gasteiger partial charge is 0.293 e. The van der Waals surface area contributed by atoms with Gasteiger partial charge in [0.25, 0.3) is 23.6 Å². The number of pyridine rings is 1. The van der Waals surface area contributed by atoms with Crippen LogP contribution in [0.1, 0.15) is 37.7 Å². The highest BCUT2D eigenvalue weighted by Gasteiger charge is 2.30. The highest BCUT2D eigenvalue weighted by Crippen LogP contribution is 2.17. The Morgan fingerprint density at radius 2 is 1.55 bits per heavy atom. The average molecular weight is 755 g/mol. The van der Waals surface area contributed by atoms with E-state index in [9.17, 15) is 28.8 Å². The number of anilines is 1. The van der Waals surface area contributed by atoms with Crippen molar-refractivity contribution in [3.8, 4) is 17.6 Å². The molecule has 2 unspecified atom stereocenters. The van der Waals surface area contributed by atoms with Crippen molar-refractivity contribution in [1.82, 2.24) is 34.9 Å². The van der Waals surface area contributed by atoms with Gasteiger partial charge in [-0.25, -0.2) is 14.6 Å². The number of hydrogen-bond acceptors (Lipinski definition) is 11. The summed E-state index contributed by atoms with van der Waals surface area (Å²) < 4.78 is 2.77. The zero-order valence-electron chi connectivity index (χ0n) is 28.7. The standard InChI is InChI=1S/C38H30N10O6S/c39-18-25-9-10-32(42-19-25)47-22-41-20-31(47)37(53)46-29(16-23-5-2-1-3-6-23)34(50)38(54)44-26-8-4-7-24(15-26)17-28(33(49)35(40)51)45-36(52)30-11-13-43-48(30)27-12-14-55-21-27/h1-15,19-22,28-29H,16-17H2,(H2,40,51)(H,44,54)(H,45,52)(H,46,53). The molecule has 0 saturated heterocycles. The van der Waals surface area contributed by atoms with Crippen molar-refractivity contribution in [2.45, 2.75) is 24.9 Å². The predicted octanol–water partition coefficient (Wildman–Crippen LogP) is 2.33. The van der Waals surface area contributed by atoms with E-state index in [0.29, 0.717) is 28.2 Å². The Morgan fingerprint density at radius 3 is 2.24 bits per heavy atom. The van der Waals surface area contributed by atoms with Crippen LogP contribution < -0.4 is 21.7 Å². The average Bonchev–Trinajstić information content (AvgIpc) is 4.00. The van der Waals surface area contributed by atoms with Gasteiger partial charge in [0.2, 0.25) is 11.6 Å². The molecule has 4 heterocycles. The first-order valence-electron chi connectivity index (χ1n) is 16.5. The van der Waals surface area contributed by atoms with E-state index in [-0.39, 0.29) is 29.9 Å². The summed E-state index contributed by atoms with van der Waals surface area (Å²) in [5, 5.41) is 24.6. The van der Waals surface area contributed by atoms with Gasteiger partial charge >= 0.3 is 0 Å². The second-order valence-corrected chi connectivity index (χ2v) is 12.7. The summed E-state index contributed by atoms with van der Waals surface area (Å²) >= 11 is 1.40. The highest BCUT2D eigenvalue weighted by atomic mass is 32.1. The summed E-state index contributed by atoms with van der Waals surface area (Å²) in [7, 11) is 0. The Morgan fingerprint density at radius 1 is 0.818 bits per heavy atom. The lowest BCUT2D eigenvalue weighted by Crippen LogP contribution is -2.47. The number of nitrogens with two attached hydrogens (primary N) is 1. The monoisotopic (exact) mass is 754 g/mol. The number of thiophene rings is 1. The number of imidazole rings is 1. The maximum absolute atomic E-state index is 13.7. The zero-order valence-corrected chi connectivity index (χ0v) is 29.5. The Hall–Kier alpha value is -7.58. The third kappa shape index (κ3) is 8.90. The zero-order chi connectivity index (χ0) is 38.9. The minimum atomic E-state index is -1.37. The van der Waals surface area contributed by atoms with Crippen LogP contribution in [0.5, 0.6) is 0 Å². The van der Waals surface area contributed by atoms with Crippen molar-refractivity contribution < 1.29 is 28.8 Å². The summed E-state index contributed by atoms with van der Waals surface area (Å²) in [5.41, 5.74) is 7.66. The molecule has 2 aromatic carbocycles. The number of hydrogen-bond donors (Lipinski definition) is 4. The number of aromatic nitrogens is 5. The molecule has 6 rings (SSSR count). The quantitative estimate of drug-likeness (QED) is 0.112. The molecule has 4 aromatic heterocycles. The topological polar surface area (TPSA) is 237 Å². The van der Waals surface area contributed by atoms with Crippen LogP contribution in [0.15, 0.2) is 115 Å². The van der Waals surface area contributed by atoms with Gasteiger partial charge in [-0.05, 0) is 52.9 Å². The van der Waals surface area contributed by atoms with E-state index in [1.807, 2.05) is 11.4 Å². The molecule has 2 atom stereocenters. The van der Waals surface area contributed by atoms with E-state index in [1.165, 1.54) is 75.8 Å². The molecule has 55 heavy (non-hydrogen) atoms. The molecule has 4 amide bonds. The number of nitriles is 1. The largest absolute Gasteiger partial charge is 0.363 e. The lowest BCUT2D eigenvalue weighted by molar-refractivity contribution is -0.137. The second kappa shape index (κ2) is 16.8. The van der Waals surface area contributed by atoms with Gasteiger partial charge in [-0.2, -0.15) is 21.7 Å². The number of benzene rings is 2. The van der Waals surface area contributed by atoms with Gasteiger partial charge in [-0.15, -0.1) is 0 Å². The molecule has 0 fully saturated rings. The minimum absolute atomic E-state index is 0.0238. The Balaban J connectivity index is 1.18. The number of primary amides is 1. The molecular weight excluding hydrogens is 725 g/mol. The molecule has 0 saturated carbocycles. The van der Waals surface area contributed by atoms with Gasteiger partial charge < -0.3 is 21.7 Å². The van der Waals surface area contributed by atoms with E-state index >= 15 is 0 Å². The molecule has 0 aliphatic heterocycles. The maximum atomic E-state index is 13.7. The molecule has 6 aromatic rings. The number of amides is 4. The van der Waals surface area contributed by atoms with Gasteiger partial charge in [0, 0.05) is 30.1 Å².